The maximum atomic E-state index is 13.4. The van der Waals surface area contributed by atoms with Crippen molar-refractivity contribution in [3.8, 4) is 21.9 Å². The Morgan fingerprint density at radius 2 is 1.75 bits per heavy atom. The molecular weight excluding hydrogens is 680 g/mol. The second-order valence-electron chi connectivity index (χ2n) is 12.6. The molecule has 0 bridgehead atoms. The number of fused-ring (bicyclic) bond motifs is 1. The third-order valence-electron chi connectivity index (χ3n) is 7.34. The predicted octanol–water partition coefficient (Wildman–Crippen LogP) is 6.51. The number of thiophene rings is 1. The molecule has 260 valence electrons. The fraction of sp³-hybridized carbons (Fsp3) is 0.441. The van der Waals surface area contributed by atoms with Gasteiger partial charge < -0.3 is 29.2 Å². The second-order valence-corrected chi connectivity index (χ2v) is 16.5. The number of nitrogens with zero attached hydrogens (tertiary/aromatic N) is 1. The van der Waals surface area contributed by atoms with E-state index < -0.39 is 45.4 Å². The van der Waals surface area contributed by atoms with Gasteiger partial charge in [-0.15, -0.1) is 11.3 Å². The number of carbonyl (C=O) groups excluding carboxylic acids is 3. The van der Waals surface area contributed by atoms with E-state index in [1.54, 1.807) is 57.7 Å². The fourth-order valence-electron chi connectivity index (χ4n) is 4.87. The van der Waals surface area contributed by atoms with Gasteiger partial charge in [0.15, 0.2) is 21.3 Å². The van der Waals surface area contributed by atoms with Crippen LogP contribution < -0.4 is 19.7 Å². The van der Waals surface area contributed by atoms with Gasteiger partial charge >= 0.3 is 12.1 Å². The fourth-order valence-corrected chi connectivity index (χ4v) is 7.09. The van der Waals surface area contributed by atoms with Crippen LogP contribution in [0.4, 0.5) is 10.5 Å². The van der Waals surface area contributed by atoms with Gasteiger partial charge in [0.2, 0.25) is 0 Å². The molecule has 1 unspecified atom stereocenters. The first-order valence-electron chi connectivity index (χ1n) is 15.4. The molecule has 2 heterocycles. The summed E-state index contributed by atoms with van der Waals surface area (Å²) in [5, 5.41) is 3.16. The van der Waals surface area contributed by atoms with E-state index in [0.29, 0.717) is 27.9 Å². The lowest BCUT2D eigenvalue weighted by Gasteiger charge is -2.26. The average Bonchev–Trinajstić information content (AvgIpc) is 3.56. The molecule has 0 saturated heterocycles. The number of hydrogen-bond acceptors (Lipinski definition) is 10. The van der Waals surface area contributed by atoms with Gasteiger partial charge in [-0.05, 0) is 68.1 Å². The molecule has 11 nitrogen and oxygen atoms in total. The van der Waals surface area contributed by atoms with Crippen molar-refractivity contribution < 1.29 is 41.7 Å². The second kappa shape index (κ2) is 15.2. The van der Waals surface area contributed by atoms with Gasteiger partial charge in [0.1, 0.15) is 24.4 Å². The number of ether oxygens (including phenoxy) is 4. The van der Waals surface area contributed by atoms with Crippen molar-refractivity contribution >= 4 is 56.4 Å². The molecule has 0 radical (unpaired) electrons. The maximum absolute atomic E-state index is 13.4. The molecule has 1 aromatic heterocycles. The number of nitrogens with one attached hydrogen (secondary N) is 1. The molecule has 2 aromatic carbocycles. The van der Waals surface area contributed by atoms with Crippen LogP contribution in [0.2, 0.25) is 5.02 Å². The lowest BCUT2D eigenvalue weighted by Crippen LogP contribution is -2.49. The minimum atomic E-state index is -3.59. The van der Waals surface area contributed by atoms with E-state index in [4.69, 9.17) is 30.5 Å². The van der Waals surface area contributed by atoms with E-state index in [1.165, 1.54) is 25.4 Å². The lowest BCUT2D eigenvalue weighted by molar-refractivity contribution is -0.153. The van der Waals surface area contributed by atoms with Gasteiger partial charge in [0, 0.05) is 27.4 Å². The SMILES string of the molecule is CCS(=O)(=O)C[C@H](COc1ccc(N2Cc3cc(-c4ccc(Cl)cc4)sc3C2=O)cc1OC)OC(=O)C(NC(=O)OC(C)(C)C)C(C)C. The number of halogens is 1. The number of amides is 2. The monoisotopic (exact) mass is 720 g/mol. The summed E-state index contributed by atoms with van der Waals surface area (Å²) >= 11 is 7.44. The summed E-state index contributed by atoms with van der Waals surface area (Å²) in [5.74, 6) is -1.44. The van der Waals surface area contributed by atoms with Crippen molar-refractivity contribution in [1.29, 1.82) is 0 Å². The maximum Gasteiger partial charge on any atom is 0.408 e. The van der Waals surface area contributed by atoms with Crippen molar-refractivity contribution in [2.24, 2.45) is 5.92 Å². The zero-order valence-corrected chi connectivity index (χ0v) is 30.4. The highest BCUT2D eigenvalue weighted by atomic mass is 35.5. The van der Waals surface area contributed by atoms with Crippen LogP contribution in [0.1, 0.15) is 56.8 Å². The van der Waals surface area contributed by atoms with Crippen molar-refractivity contribution in [2.45, 2.75) is 65.8 Å². The van der Waals surface area contributed by atoms with E-state index in [0.717, 1.165) is 16.0 Å². The number of sulfone groups is 1. The molecule has 0 spiro atoms. The van der Waals surface area contributed by atoms with Gasteiger partial charge in [-0.3, -0.25) is 4.79 Å². The lowest BCUT2D eigenvalue weighted by atomic mass is 10.1. The average molecular weight is 721 g/mol. The van der Waals surface area contributed by atoms with Crippen LogP contribution in [0.15, 0.2) is 48.5 Å². The number of esters is 1. The molecule has 14 heteroatoms. The van der Waals surface area contributed by atoms with Gasteiger partial charge in [0.05, 0.1) is 24.3 Å². The van der Waals surface area contributed by atoms with E-state index in [9.17, 15) is 22.8 Å². The van der Waals surface area contributed by atoms with Crippen LogP contribution in [-0.4, -0.2) is 69.4 Å². The Kier molecular flexibility index (Phi) is 11.7. The van der Waals surface area contributed by atoms with Crippen molar-refractivity contribution in [2.75, 3.05) is 30.1 Å². The third kappa shape index (κ3) is 9.42. The molecule has 2 amide bonds. The number of benzene rings is 2. The topological polar surface area (TPSA) is 138 Å². The smallest absolute Gasteiger partial charge is 0.408 e. The standard InChI is InChI=1S/C34H41ClN2O9S2/c1-8-48(41,42)19-25(45-32(39)29(20(2)3)36-33(40)46-34(4,5)6)18-44-26-14-13-24(16-27(26)43-7)37-17-22-15-28(47-30(22)31(37)38)21-9-11-23(35)12-10-21/h9-16,20,25,29H,8,17-19H2,1-7H3,(H,36,40)/t25-,29?/m0/s1. The quantitative estimate of drug-likeness (QED) is 0.196. The molecule has 1 aliphatic heterocycles. The highest BCUT2D eigenvalue weighted by molar-refractivity contribution is 7.91. The molecule has 2 atom stereocenters. The Balaban J connectivity index is 1.47. The summed E-state index contributed by atoms with van der Waals surface area (Å²) in [5.41, 5.74) is 1.70. The summed E-state index contributed by atoms with van der Waals surface area (Å²) in [6.07, 6.45) is -2.00. The van der Waals surface area contributed by atoms with E-state index in [1.807, 2.05) is 30.3 Å². The van der Waals surface area contributed by atoms with E-state index in [2.05, 4.69) is 5.32 Å². The number of alkyl carbamates (subject to hydrolysis) is 1. The Morgan fingerprint density at radius 3 is 2.33 bits per heavy atom. The normalized spacial score (nSPS) is 14.4. The summed E-state index contributed by atoms with van der Waals surface area (Å²) in [6.45, 7) is 10.1. The Hall–Kier alpha value is -3.81. The zero-order chi connectivity index (χ0) is 35.4. The molecule has 48 heavy (non-hydrogen) atoms. The minimum Gasteiger partial charge on any atom is -0.493 e. The number of anilines is 1. The van der Waals surface area contributed by atoms with Crippen LogP contribution in [0.3, 0.4) is 0 Å². The number of carbonyl (C=O) groups is 3. The molecule has 0 aliphatic carbocycles. The van der Waals surface area contributed by atoms with Gasteiger partial charge in [-0.25, -0.2) is 18.0 Å². The molecule has 0 saturated carbocycles. The Bertz CT molecular complexity index is 1750. The molecule has 0 fully saturated rings. The van der Waals surface area contributed by atoms with E-state index in [-0.39, 0.29) is 29.9 Å². The predicted molar refractivity (Wildman–Crippen MR) is 186 cm³/mol. The first-order valence-corrected chi connectivity index (χ1v) is 18.4. The van der Waals surface area contributed by atoms with Crippen LogP contribution in [-0.2, 0) is 30.7 Å². The highest BCUT2D eigenvalue weighted by Crippen LogP contribution is 2.40. The van der Waals surface area contributed by atoms with Crippen LogP contribution in [0.5, 0.6) is 11.5 Å². The first-order chi connectivity index (χ1) is 22.5. The molecule has 1 aliphatic rings. The van der Waals surface area contributed by atoms with Gasteiger partial charge in [-0.1, -0.05) is 44.5 Å². The summed E-state index contributed by atoms with van der Waals surface area (Å²) in [4.78, 5) is 42.3. The van der Waals surface area contributed by atoms with Gasteiger partial charge in [-0.2, -0.15) is 0 Å². The first kappa shape index (κ1) is 37.0. The van der Waals surface area contributed by atoms with Crippen molar-refractivity contribution in [3.63, 3.8) is 0 Å². The number of methoxy groups -OCH3 is 1. The molecular formula is C34H41ClN2O9S2. The highest BCUT2D eigenvalue weighted by Gasteiger charge is 2.34. The third-order valence-corrected chi connectivity index (χ3v) is 10.6. The summed E-state index contributed by atoms with van der Waals surface area (Å²) in [7, 11) is -2.15. The van der Waals surface area contributed by atoms with E-state index >= 15 is 0 Å². The molecule has 3 aromatic rings. The summed E-state index contributed by atoms with van der Waals surface area (Å²) < 4.78 is 47.5. The Morgan fingerprint density at radius 1 is 1.06 bits per heavy atom. The summed E-state index contributed by atoms with van der Waals surface area (Å²) in [6, 6.07) is 13.4. The Labute approximate surface area is 290 Å². The number of rotatable bonds is 13. The van der Waals surface area contributed by atoms with Crippen LogP contribution >= 0.6 is 22.9 Å². The van der Waals surface area contributed by atoms with Crippen LogP contribution in [0, 0.1) is 5.92 Å². The largest absolute Gasteiger partial charge is 0.493 e. The van der Waals surface area contributed by atoms with Gasteiger partial charge in [0.25, 0.3) is 5.91 Å². The molecule has 4 rings (SSSR count). The molecule has 1 N–H and O–H groups in total. The zero-order valence-electron chi connectivity index (χ0n) is 28.0. The van der Waals surface area contributed by atoms with Crippen molar-refractivity contribution in [1.82, 2.24) is 5.32 Å². The van der Waals surface area contributed by atoms with Crippen LogP contribution in [0.25, 0.3) is 10.4 Å². The minimum absolute atomic E-state index is 0.137. The van der Waals surface area contributed by atoms with Crippen molar-refractivity contribution in [3.05, 3.63) is 64.0 Å². The number of hydrogen-bond donors (Lipinski definition) is 1.